The third-order valence-corrected chi connectivity index (χ3v) is 4.67. The number of hydrogen-bond acceptors (Lipinski definition) is 1. The second kappa shape index (κ2) is 3.89. The van der Waals surface area contributed by atoms with Gasteiger partial charge in [-0.05, 0) is 55.2 Å². The molecule has 16 heavy (non-hydrogen) atoms. The van der Waals surface area contributed by atoms with Gasteiger partial charge in [0.05, 0.1) is 0 Å². The molecule has 0 bridgehead atoms. The molecule has 2 aliphatic carbocycles. The summed E-state index contributed by atoms with van der Waals surface area (Å²) in [6.45, 7) is 0.837. The fraction of sp³-hybridized carbons (Fsp3) is 0.600. The maximum Gasteiger partial charge on any atom is 0.00784 e. The standard InChI is InChI=1S/C15H21N/c16-11-15(9-4-10-15)14-8-3-6-12-5-1-2-7-13(12)14/h3,6,8H,1-2,4-5,7,9-11,16H2. The van der Waals surface area contributed by atoms with Crippen molar-refractivity contribution < 1.29 is 0 Å². The predicted octanol–water partition coefficient (Wildman–Crippen LogP) is 2.95. The minimum absolute atomic E-state index is 0.350. The maximum atomic E-state index is 6.03. The van der Waals surface area contributed by atoms with Crippen molar-refractivity contribution in [2.45, 2.75) is 50.4 Å². The summed E-state index contributed by atoms with van der Waals surface area (Å²) in [5.41, 5.74) is 11.2. The highest BCUT2D eigenvalue weighted by Gasteiger charge is 2.39. The van der Waals surface area contributed by atoms with Gasteiger partial charge in [-0.25, -0.2) is 0 Å². The lowest BCUT2D eigenvalue weighted by Crippen LogP contribution is -2.42. The summed E-state index contributed by atoms with van der Waals surface area (Å²) in [5.74, 6) is 0. The molecule has 1 fully saturated rings. The molecular formula is C15H21N. The molecule has 0 amide bonds. The summed E-state index contributed by atoms with van der Waals surface area (Å²) in [7, 11) is 0. The van der Waals surface area contributed by atoms with Crippen LogP contribution in [0.3, 0.4) is 0 Å². The van der Waals surface area contributed by atoms with E-state index < -0.39 is 0 Å². The summed E-state index contributed by atoms with van der Waals surface area (Å²) in [6.07, 6.45) is 9.27. The first kappa shape index (κ1) is 10.3. The summed E-state index contributed by atoms with van der Waals surface area (Å²) in [6, 6.07) is 6.91. The van der Waals surface area contributed by atoms with Gasteiger partial charge >= 0.3 is 0 Å². The summed E-state index contributed by atoms with van der Waals surface area (Å²) < 4.78 is 0. The van der Waals surface area contributed by atoms with Crippen LogP contribution in [0.2, 0.25) is 0 Å². The monoisotopic (exact) mass is 215 g/mol. The van der Waals surface area contributed by atoms with E-state index in [1.807, 2.05) is 0 Å². The van der Waals surface area contributed by atoms with E-state index in [9.17, 15) is 0 Å². The van der Waals surface area contributed by atoms with Crippen molar-refractivity contribution in [3.05, 3.63) is 34.9 Å². The Hall–Kier alpha value is -0.820. The number of aryl methyl sites for hydroxylation is 1. The Kier molecular flexibility index (Phi) is 2.51. The van der Waals surface area contributed by atoms with Crippen LogP contribution in [0.5, 0.6) is 0 Å². The molecule has 0 unspecified atom stereocenters. The zero-order chi connectivity index (χ0) is 11.0. The Morgan fingerprint density at radius 2 is 1.88 bits per heavy atom. The number of nitrogens with two attached hydrogens (primary N) is 1. The number of fused-ring (bicyclic) bond motifs is 1. The first-order chi connectivity index (χ1) is 7.86. The molecule has 3 rings (SSSR count). The topological polar surface area (TPSA) is 26.0 Å². The van der Waals surface area contributed by atoms with Crippen LogP contribution in [0.25, 0.3) is 0 Å². The van der Waals surface area contributed by atoms with Crippen LogP contribution < -0.4 is 5.73 Å². The van der Waals surface area contributed by atoms with Crippen molar-refractivity contribution >= 4 is 0 Å². The molecule has 2 aliphatic rings. The first-order valence-electron chi connectivity index (χ1n) is 6.67. The minimum atomic E-state index is 0.350. The summed E-state index contributed by atoms with van der Waals surface area (Å²) in [4.78, 5) is 0. The highest BCUT2D eigenvalue weighted by atomic mass is 14.6. The molecule has 2 N–H and O–H groups in total. The molecular weight excluding hydrogens is 194 g/mol. The second-order valence-corrected chi connectivity index (χ2v) is 5.49. The van der Waals surface area contributed by atoms with Crippen LogP contribution >= 0.6 is 0 Å². The number of benzene rings is 1. The molecule has 0 saturated heterocycles. The van der Waals surface area contributed by atoms with Crippen LogP contribution in [0, 0.1) is 0 Å². The van der Waals surface area contributed by atoms with Crippen LogP contribution in [-0.4, -0.2) is 6.54 Å². The van der Waals surface area contributed by atoms with Crippen molar-refractivity contribution in [3.8, 4) is 0 Å². The average molecular weight is 215 g/mol. The normalized spacial score (nSPS) is 22.3. The van der Waals surface area contributed by atoms with Crippen LogP contribution in [0.15, 0.2) is 18.2 Å². The summed E-state index contributed by atoms with van der Waals surface area (Å²) >= 11 is 0. The van der Waals surface area contributed by atoms with Gasteiger partial charge in [-0.2, -0.15) is 0 Å². The largest absolute Gasteiger partial charge is 0.330 e. The molecule has 0 radical (unpaired) electrons. The minimum Gasteiger partial charge on any atom is -0.330 e. The SMILES string of the molecule is NCC1(c2cccc3c2CCCC3)CCC1. The maximum absolute atomic E-state index is 6.03. The van der Waals surface area contributed by atoms with Crippen molar-refractivity contribution in [1.29, 1.82) is 0 Å². The van der Waals surface area contributed by atoms with E-state index in [-0.39, 0.29) is 0 Å². The van der Waals surface area contributed by atoms with Gasteiger partial charge in [-0.3, -0.25) is 0 Å². The Morgan fingerprint density at radius 3 is 2.56 bits per heavy atom. The van der Waals surface area contributed by atoms with Gasteiger partial charge in [0.2, 0.25) is 0 Å². The zero-order valence-electron chi connectivity index (χ0n) is 9.97. The number of hydrogen-bond donors (Lipinski definition) is 1. The lowest BCUT2D eigenvalue weighted by Gasteiger charge is -2.43. The van der Waals surface area contributed by atoms with Crippen molar-refractivity contribution in [2.24, 2.45) is 5.73 Å². The van der Waals surface area contributed by atoms with Crippen LogP contribution in [0.1, 0.15) is 48.8 Å². The van der Waals surface area contributed by atoms with E-state index in [0.717, 1.165) is 6.54 Å². The molecule has 1 saturated carbocycles. The van der Waals surface area contributed by atoms with E-state index in [4.69, 9.17) is 5.73 Å². The molecule has 86 valence electrons. The fourth-order valence-electron chi connectivity index (χ4n) is 3.47. The molecule has 0 heterocycles. The number of rotatable bonds is 2. The molecule has 1 heteroatoms. The molecule has 0 aromatic heterocycles. The first-order valence-corrected chi connectivity index (χ1v) is 6.67. The smallest absolute Gasteiger partial charge is 0.00784 e. The molecule has 0 atom stereocenters. The van der Waals surface area contributed by atoms with Gasteiger partial charge < -0.3 is 5.73 Å². The Balaban J connectivity index is 2.06. The lowest BCUT2D eigenvalue weighted by molar-refractivity contribution is 0.250. The fourth-order valence-corrected chi connectivity index (χ4v) is 3.47. The second-order valence-electron chi connectivity index (χ2n) is 5.49. The zero-order valence-corrected chi connectivity index (χ0v) is 9.97. The Bertz CT molecular complexity index is 385. The average Bonchev–Trinajstić information content (AvgIpc) is 2.29. The third kappa shape index (κ3) is 1.41. The van der Waals surface area contributed by atoms with Crippen LogP contribution in [0.4, 0.5) is 0 Å². The van der Waals surface area contributed by atoms with E-state index in [2.05, 4.69) is 18.2 Å². The molecule has 0 spiro atoms. The van der Waals surface area contributed by atoms with Crippen molar-refractivity contribution in [3.63, 3.8) is 0 Å². The van der Waals surface area contributed by atoms with Gasteiger partial charge in [-0.15, -0.1) is 0 Å². The van der Waals surface area contributed by atoms with Crippen molar-refractivity contribution in [1.82, 2.24) is 0 Å². The summed E-state index contributed by atoms with van der Waals surface area (Å²) in [5, 5.41) is 0. The van der Waals surface area contributed by atoms with E-state index in [0.29, 0.717) is 5.41 Å². The quantitative estimate of drug-likeness (QED) is 0.806. The van der Waals surface area contributed by atoms with Crippen LogP contribution in [-0.2, 0) is 18.3 Å². The molecule has 0 aliphatic heterocycles. The lowest BCUT2D eigenvalue weighted by atomic mass is 9.62. The third-order valence-electron chi connectivity index (χ3n) is 4.67. The van der Waals surface area contributed by atoms with Gasteiger partial charge in [0, 0.05) is 12.0 Å². The van der Waals surface area contributed by atoms with Crippen molar-refractivity contribution in [2.75, 3.05) is 6.54 Å². The Labute approximate surface area is 98.0 Å². The highest BCUT2D eigenvalue weighted by Crippen LogP contribution is 2.45. The van der Waals surface area contributed by atoms with E-state index in [1.54, 1.807) is 16.7 Å². The Morgan fingerprint density at radius 1 is 1.06 bits per heavy atom. The molecule has 1 aromatic rings. The van der Waals surface area contributed by atoms with Gasteiger partial charge in [0.1, 0.15) is 0 Å². The van der Waals surface area contributed by atoms with Gasteiger partial charge in [0.15, 0.2) is 0 Å². The molecule has 1 aromatic carbocycles. The molecule has 1 nitrogen and oxygen atoms in total. The predicted molar refractivity (Wildman–Crippen MR) is 67.7 cm³/mol. The van der Waals surface area contributed by atoms with E-state index in [1.165, 1.54) is 44.9 Å². The van der Waals surface area contributed by atoms with Gasteiger partial charge in [-0.1, -0.05) is 24.6 Å². The van der Waals surface area contributed by atoms with Gasteiger partial charge in [0.25, 0.3) is 0 Å². The highest BCUT2D eigenvalue weighted by molar-refractivity contribution is 5.43. The van der Waals surface area contributed by atoms with E-state index >= 15 is 0 Å².